The quantitative estimate of drug-likeness (QED) is 0.324. The van der Waals surface area contributed by atoms with Gasteiger partial charge in [0.05, 0.1) is 0 Å². The molecule has 9 nitrogen and oxygen atoms in total. The van der Waals surface area contributed by atoms with E-state index >= 15 is 0 Å². The first-order valence-corrected chi connectivity index (χ1v) is 6.96. The highest BCUT2D eigenvalue weighted by Gasteiger charge is 2.36. The number of nitrogens with one attached hydrogen (secondary N) is 1. The number of phenols is 2. The van der Waals surface area contributed by atoms with Crippen LogP contribution in [0.5, 0.6) is 11.5 Å². The van der Waals surface area contributed by atoms with Crippen molar-refractivity contribution in [3.8, 4) is 11.5 Å². The van der Waals surface area contributed by atoms with Crippen LogP contribution in [-0.4, -0.2) is 52.1 Å². The molecule has 0 aliphatic rings. The fraction of sp³-hybridized carbons (Fsp3) is 0.400. The lowest BCUT2D eigenvalue weighted by Gasteiger charge is -2.26. The third-order valence-corrected chi connectivity index (χ3v) is 3.07. The van der Waals surface area contributed by atoms with Gasteiger partial charge < -0.3 is 30.1 Å². The molecule has 1 amide bonds. The van der Waals surface area contributed by atoms with Crippen molar-refractivity contribution >= 4 is 18.0 Å². The monoisotopic (exact) mass is 341 g/mol. The minimum absolute atomic E-state index is 0.141. The van der Waals surface area contributed by atoms with Gasteiger partial charge in [0, 0.05) is 13.3 Å². The van der Waals surface area contributed by atoms with E-state index in [0.717, 1.165) is 0 Å². The van der Waals surface area contributed by atoms with Crippen LogP contribution in [0.2, 0.25) is 0 Å². The number of carboxylic acid groups (broad SMARTS) is 1. The summed E-state index contributed by atoms with van der Waals surface area (Å²) in [4.78, 5) is 33.7. The van der Waals surface area contributed by atoms with Crippen LogP contribution >= 0.6 is 0 Å². The van der Waals surface area contributed by atoms with Crippen LogP contribution in [0.1, 0.15) is 19.4 Å². The minimum atomic E-state index is -1.71. The number of hydrogen-bond acceptors (Lipinski definition) is 7. The first-order valence-electron chi connectivity index (χ1n) is 6.96. The summed E-state index contributed by atoms with van der Waals surface area (Å²) >= 11 is 0. The molecule has 4 N–H and O–H groups in total. The van der Waals surface area contributed by atoms with E-state index in [4.69, 9.17) is 4.74 Å². The predicted molar refractivity (Wildman–Crippen MR) is 80.6 cm³/mol. The number of phenolic OH excluding ortho intramolecular Hbond substituents is 2. The molecule has 0 bridgehead atoms. The van der Waals surface area contributed by atoms with Crippen molar-refractivity contribution in [2.45, 2.75) is 25.8 Å². The summed E-state index contributed by atoms with van der Waals surface area (Å²) in [6.45, 7) is 2.11. The summed E-state index contributed by atoms with van der Waals surface area (Å²) in [7, 11) is 0. The number of ether oxygens (including phenoxy) is 2. The number of aromatic hydroxyl groups is 2. The predicted octanol–water partition coefficient (Wildman–Crippen LogP) is 0.773. The summed E-state index contributed by atoms with van der Waals surface area (Å²) in [6.07, 6.45) is -1.15. The molecular weight excluding hydrogens is 322 g/mol. The summed E-state index contributed by atoms with van der Waals surface area (Å²) in [5.41, 5.74) is -1.32. The Morgan fingerprint density at radius 1 is 1.12 bits per heavy atom. The molecule has 1 aromatic rings. The molecule has 0 aliphatic heterocycles. The first kappa shape index (κ1) is 19.1. The molecule has 1 rings (SSSR count). The van der Waals surface area contributed by atoms with Gasteiger partial charge in [-0.15, -0.1) is 0 Å². The van der Waals surface area contributed by atoms with Gasteiger partial charge in [0.2, 0.25) is 0 Å². The van der Waals surface area contributed by atoms with Crippen molar-refractivity contribution < 1.29 is 39.2 Å². The molecule has 0 unspecified atom stereocenters. The molecule has 0 aliphatic carbocycles. The van der Waals surface area contributed by atoms with Crippen molar-refractivity contribution in [1.82, 2.24) is 5.32 Å². The maximum absolute atomic E-state index is 11.7. The summed E-state index contributed by atoms with van der Waals surface area (Å²) < 4.78 is 9.32. The van der Waals surface area contributed by atoms with E-state index in [2.05, 4.69) is 10.1 Å². The molecule has 24 heavy (non-hydrogen) atoms. The molecule has 1 atom stereocenters. The molecule has 9 heteroatoms. The number of alkyl carbamates (subject to hydrolysis) is 1. The van der Waals surface area contributed by atoms with Gasteiger partial charge in [0.25, 0.3) is 0 Å². The van der Waals surface area contributed by atoms with Crippen LogP contribution in [0.15, 0.2) is 18.2 Å². The Bertz CT molecular complexity index is 630. The van der Waals surface area contributed by atoms with Crippen LogP contribution in [0.25, 0.3) is 0 Å². The molecule has 0 saturated heterocycles. The van der Waals surface area contributed by atoms with Crippen LogP contribution in [0, 0.1) is 0 Å². The number of esters is 1. The minimum Gasteiger partial charge on any atom is -0.504 e. The third-order valence-electron chi connectivity index (χ3n) is 3.07. The highest BCUT2D eigenvalue weighted by molar-refractivity contribution is 5.84. The zero-order valence-corrected chi connectivity index (χ0v) is 13.2. The molecular formula is C15H19NO8. The number of rotatable bonds is 7. The van der Waals surface area contributed by atoms with Crippen molar-refractivity contribution in [1.29, 1.82) is 0 Å². The highest BCUT2D eigenvalue weighted by Crippen LogP contribution is 2.26. The Hall–Kier alpha value is -2.97. The maximum atomic E-state index is 11.7. The SMILES string of the molecule is CC(=O)OCCOC(=O)N[C@@](C)(Cc1ccc(O)c(O)c1)C(=O)O. The van der Waals surface area contributed by atoms with E-state index in [9.17, 15) is 29.7 Å². The molecule has 0 fully saturated rings. The zero-order chi connectivity index (χ0) is 18.3. The number of aliphatic carboxylic acids is 1. The fourth-order valence-electron chi connectivity index (χ4n) is 1.84. The van der Waals surface area contributed by atoms with Crippen LogP contribution in [0.3, 0.4) is 0 Å². The lowest BCUT2D eigenvalue weighted by atomic mass is 9.93. The Balaban J connectivity index is 2.69. The molecule has 0 saturated carbocycles. The molecule has 1 aromatic carbocycles. The van der Waals surface area contributed by atoms with Crippen LogP contribution < -0.4 is 5.32 Å². The average molecular weight is 341 g/mol. The highest BCUT2D eigenvalue weighted by atomic mass is 16.6. The topological polar surface area (TPSA) is 142 Å². The second kappa shape index (κ2) is 8.04. The van der Waals surface area contributed by atoms with Gasteiger partial charge in [0.1, 0.15) is 18.8 Å². The van der Waals surface area contributed by atoms with Crippen molar-refractivity contribution in [2.24, 2.45) is 0 Å². The van der Waals surface area contributed by atoms with Gasteiger partial charge in [-0.3, -0.25) is 4.79 Å². The summed E-state index contributed by atoms with van der Waals surface area (Å²) in [5.74, 6) is -2.58. The number of hydrogen-bond donors (Lipinski definition) is 4. The van der Waals surface area contributed by atoms with E-state index in [1.807, 2.05) is 0 Å². The third kappa shape index (κ3) is 5.67. The van der Waals surface area contributed by atoms with Crippen molar-refractivity contribution in [3.05, 3.63) is 23.8 Å². The number of benzene rings is 1. The van der Waals surface area contributed by atoms with E-state index in [1.165, 1.54) is 32.0 Å². The Morgan fingerprint density at radius 2 is 1.75 bits per heavy atom. The van der Waals surface area contributed by atoms with Crippen LogP contribution in [-0.2, 0) is 25.5 Å². The number of amides is 1. The maximum Gasteiger partial charge on any atom is 0.408 e. The van der Waals surface area contributed by atoms with Gasteiger partial charge in [-0.2, -0.15) is 0 Å². The second-order valence-electron chi connectivity index (χ2n) is 5.24. The lowest BCUT2D eigenvalue weighted by molar-refractivity contribution is -0.143. The second-order valence-corrected chi connectivity index (χ2v) is 5.24. The molecule has 0 radical (unpaired) electrons. The van der Waals surface area contributed by atoms with Gasteiger partial charge in [-0.05, 0) is 24.6 Å². The molecule has 0 aromatic heterocycles. The van der Waals surface area contributed by atoms with E-state index in [0.29, 0.717) is 5.56 Å². The van der Waals surface area contributed by atoms with Crippen LogP contribution in [0.4, 0.5) is 4.79 Å². The fourth-order valence-corrected chi connectivity index (χ4v) is 1.84. The van der Waals surface area contributed by atoms with Gasteiger partial charge in [-0.1, -0.05) is 6.07 Å². The first-order chi connectivity index (χ1) is 11.1. The summed E-state index contributed by atoms with van der Waals surface area (Å²) in [5, 5.41) is 30.3. The average Bonchev–Trinajstić information content (AvgIpc) is 2.47. The molecule has 0 heterocycles. The van der Waals surface area contributed by atoms with Crippen molar-refractivity contribution in [2.75, 3.05) is 13.2 Å². The van der Waals surface area contributed by atoms with Gasteiger partial charge in [-0.25, -0.2) is 9.59 Å². The van der Waals surface area contributed by atoms with E-state index in [1.54, 1.807) is 0 Å². The summed E-state index contributed by atoms with van der Waals surface area (Å²) in [6, 6.07) is 3.83. The Morgan fingerprint density at radius 3 is 2.29 bits per heavy atom. The van der Waals surface area contributed by atoms with Gasteiger partial charge in [0.15, 0.2) is 11.5 Å². The zero-order valence-electron chi connectivity index (χ0n) is 13.2. The molecule has 0 spiro atoms. The van der Waals surface area contributed by atoms with Gasteiger partial charge >= 0.3 is 18.0 Å². The largest absolute Gasteiger partial charge is 0.504 e. The number of carbonyl (C=O) groups is 3. The Labute approximate surface area is 137 Å². The number of carboxylic acids is 1. The normalized spacial score (nSPS) is 12.8. The van der Waals surface area contributed by atoms with Crippen molar-refractivity contribution in [3.63, 3.8) is 0 Å². The molecule has 132 valence electrons. The Kier molecular flexibility index (Phi) is 6.39. The standard InChI is InChI=1S/C15H19NO8/c1-9(17)23-5-6-24-14(22)16-15(2,13(20)21)8-10-3-4-11(18)12(19)7-10/h3-4,7,18-19H,5-6,8H2,1-2H3,(H,16,22)(H,20,21)/t15-/m0/s1. The smallest absolute Gasteiger partial charge is 0.408 e. The van der Waals surface area contributed by atoms with E-state index < -0.39 is 29.3 Å². The van der Waals surface area contributed by atoms with E-state index in [-0.39, 0.29) is 25.4 Å². The lowest BCUT2D eigenvalue weighted by Crippen LogP contribution is -2.54. The number of carbonyl (C=O) groups excluding carboxylic acids is 2.